The van der Waals surface area contributed by atoms with Crippen LogP contribution in [0.4, 0.5) is 0 Å². The number of allylic oxidation sites excluding steroid dienone is 4. The summed E-state index contributed by atoms with van der Waals surface area (Å²) in [4.78, 5) is 45.6. The molecule has 9 atom stereocenters. The third-order valence-electron chi connectivity index (χ3n) is 14.3. The summed E-state index contributed by atoms with van der Waals surface area (Å²) < 4.78 is 0. The molecule has 0 unspecified atom stereocenters. The van der Waals surface area contributed by atoms with Gasteiger partial charge >= 0.3 is 0 Å². The summed E-state index contributed by atoms with van der Waals surface area (Å²) >= 11 is 0. The fourth-order valence-electron chi connectivity index (χ4n) is 11.6. The topological polar surface area (TPSA) is 79.0 Å². The fraction of sp³-hybridized carbons (Fsp3) is 0.771. The standard InChI is InChI=1S/C35H48N2O4/c1-20-11-14-35(19-37-26(39)9-10-27(37)40)16-15-34(7)29(28(35)21(20)2)23(38)17-25-32(5)18-22(36-8)30(41)31(3,4)24(32)12-13-33(25,34)6/h17,20-21,24,28-29,41H,9-16,18-19H2,1-7H3/t20-,21+,24+,28+,29-,32+,33-,34-,35-/m1/s1. The van der Waals surface area contributed by atoms with E-state index >= 15 is 0 Å². The van der Waals surface area contributed by atoms with Gasteiger partial charge in [-0.1, -0.05) is 54.0 Å². The van der Waals surface area contributed by atoms with Crippen molar-refractivity contribution in [2.24, 2.45) is 56.7 Å². The zero-order chi connectivity index (χ0) is 29.9. The van der Waals surface area contributed by atoms with Crippen LogP contribution in [0.15, 0.2) is 23.1 Å². The summed E-state index contributed by atoms with van der Waals surface area (Å²) in [7, 11) is 0. The van der Waals surface area contributed by atoms with E-state index in [1.807, 2.05) is 6.08 Å². The van der Waals surface area contributed by atoms with Crippen molar-refractivity contribution in [2.75, 3.05) is 6.54 Å². The highest BCUT2D eigenvalue weighted by Gasteiger charge is 2.70. The Hall–Kier alpha value is -2.42. The SMILES string of the molecule is [C-]#[N+]C1=C(O)C(C)(C)[C@@H]2CC[C@]3(C)C(=CC(=O)[C@@H]4[C@@H]5[C@@H](C)[C@H](C)CC[C@]5(CN5C(=O)CCC5=O)CC[C@]43C)[C@@]2(C)C1. The molecule has 6 rings (SSSR count). The van der Waals surface area contributed by atoms with Crippen molar-refractivity contribution in [3.63, 3.8) is 0 Å². The zero-order valence-corrected chi connectivity index (χ0v) is 26.1. The number of nitrogens with zero attached hydrogens (tertiary/aromatic N) is 2. The molecule has 0 aromatic rings. The number of aliphatic hydroxyl groups excluding tert-OH is 1. The highest BCUT2D eigenvalue weighted by Crippen LogP contribution is 2.75. The first-order valence-corrected chi connectivity index (χ1v) is 16.0. The second kappa shape index (κ2) is 8.80. The Kier molecular flexibility index (Phi) is 6.16. The van der Waals surface area contributed by atoms with Crippen molar-refractivity contribution < 1.29 is 19.5 Å². The van der Waals surface area contributed by atoms with E-state index in [4.69, 9.17) is 6.57 Å². The van der Waals surface area contributed by atoms with Crippen molar-refractivity contribution in [3.05, 3.63) is 34.5 Å². The van der Waals surface area contributed by atoms with Crippen LogP contribution in [0, 0.1) is 63.2 Å². The van der Waals surface area contributed by atoms with Crippen LogP contribution in [-0.4, -0.2) is 34.1 Å². The molecule has 2 amide bonds. The minimum atomic E-state index is -0.528. The van der Waals surface area contributed by atoms with Crippen LogP contribution in [0.2, 0.25) is 0 Å². The van der Waals surface area contributed by atoms with Gasteiger partial charge in [-0.05, 0) is 96.4 Å². The van der Waals surface area contributed by atoms with E-state index < -0.39 is 5.41 Å². The molecule has 4 fully saturated rings. The second-order valence-electron chi connectivity index (χ2n) is 16.1. The van der Waals surface area contributed by atoms with Gasteiger partial charge in [0.25, 0.3) is 0 Å². The number of fused-ring (bicyclic) bond motifs is 7. The second-order valence-corrected chi connectivity index (χ2v) is 16.1. The number of ketones is 1. The Morgan fingerprint density at radius 2 is 1.63 bits per heavy atom. The molecule has 1 saturated heterocycles. The first-order chi connectivity index (χ1) is 19.1. The summed E-state index contributed by atoms with van der Waals surface area (Å²) in [6, 6.07) is 0. The maximum atomic E-state index is 14.7. The van der Waals surface area contributed by atoms with Crippen LogP contribution < -0.4 is 0 Å². The molecule has 1 N–H and O–H groups in total. The minimum Gasteiger partial charge on any atom is -0.523 e. The average Bonchev–Trinajstić information content (AvgIpc) is 3.22. The number of imide groups is 1. The van der Waals surface area contributed by atoms with Gasteiger partial charge in [0.05, 0.1) is 6.57 Å². The highest BCUT2D eigenvalue weighted by atomic mass is 16.3. The first kappa shape index (κ1) is 28.7. The average molecular weight is 561 g/mol. The molecule has 6 nitrogen and oxygen atoms in total. The number of rotatable bonds is 2. The van der Waals surface area contributed by atoms with Crippen molar-refractivity contribution >= 4 is 17.6 Å². The van der Waals surface area contributed by atoms with Gasteiger partial charge < -0.3 is 5.11 Å². The molecule has 1 heterocycles. The largest absolute Gasteiger partial charge is 0.523 e. The molecule has 0 aromatic carbocycles. The molecule has 0 radical (unpaired) electrons. The van der Waals surface area contributed by atoms with Crippen LogP contribution in [-0.2, 0) is 14.4 Å². The third-order valence-corrected chi connectivity index (χ3v) is 14.3. The Bertz CT molecular complexity index is 1320. The quantitative estimate of drug-likeness (QED) is 0.285. The minimum absolute atomic E-state index is 0.0510. The molecule has 222 valence electrons. The third kappa shape index (κ3) is 3.50. The number of amides is 2. The van der Waals surface area contributed by atoms with Gasteiger partial charge in [0.1, 0.15) is 5.76 Å². The highest BCUT2D eigenvalue weighted by molar-refractivity contribution is 6.02. The fourth-order valence-corrected chi connectivity index (χ4v) is 11.6. The van der Waals surface area contributed by atoms with Crippen LogP contribution in [0.1, 0.15) is 106 Å². The lowest BCUT2D eigenvalue weighted by Gasteiger charge is -2.70. The van der Waals surface area contributed by atoms with E-state index in [1.54, 1.807) is 0 Å². The molecule has 1 aliphatic heterocycles. The van der Waals surface area contributed by atoms with Gasteiger partial charge in [0.15, 0.2) is 5.78 Å². The Balaban J connectivity index is 1.48. The van der Waals surface area contributed by atoms with Gasteiger partial charge in [-0.2, -0.15) is 0 Å². The Morgan fingerprint density at radius 3 is 2.27 bits per heavy atom. The first-order valence-electron chi connectivity index (χ1n) is 16.0. The summed E-state index contributed by atoms with van der Waals surface area (Å²) in [6.07, 6.45) is 8.83. The van der Waals surface area contributed by atoms with E-state index in [2.05, 4.69) is 53.3 Å². The molecular formula is C35H48N2O4. The van der Waals surface area contributed by atoms with Gasteiger partial charge in [0, 0.05) is 30.7 Å². The van der Waals surface area contributed by atoms with Crippen LogP contribution in [0.5, 0.6) is 0 Å². The summed E-state index contributed by atoms with van der Waals surface area (Å²) in [5.74, 6) is 1.24. The Labute approximate surface area is 245 Å². The lowest BCUT2D eigenvalue weighted by atomic mass is 9.33. The van der Waals surface area contributed by atoms with Crippen molar-refractivity contribution in [1.29, 1.82) is 0 Å². The van der Waals surface area contributed by atoms with Crippen molar-refractivity contribution in [3.8, 4) is 0 Å². The van der Waals surface area contributed by atoms with Gasteiger partial charge in [-0.15, -0.1) is 0 Å². The number of hydrogen-bond acceptors (Lipinski definition) is 4. The lowest BCUT2D eigenvalue weighted by Crippen LogP contribution is -2.66. The monoisotopic (exact) mass is 560 g/mol. The summed E-state index contributed by atoms with van der Waals surface area (Å²) in [6.45, 7) is 24.1. The smallest absolute Gasteiger partial charge is 0.229 e. The summed E-state index contributed by atoms with van der Waals surface area (Å²) in [5, 5.41) is 11.1. The number of hydrogen-bond donors (Lipinski definition) is 1. The predicted octanol–water partition coefficient (Wildman–Crippen LogP) is 7.27. The maximum absolute atomic E-state index is 14.7. The van der Waals surface area contributed by atoms with Crippen LogP contribution in [0.25, 0.3) is 4.85 Å². The molecule has 6 aliphatic rings. The molecule has 41 heavy (non-hydrogen) atoms. The zero-order valence-electron chi connectivity index (χ0n) is 26.1. The lowest BCUT2D eigenvalue weighted by molar-refractivity contribution is -0.183. The predicted molar refractivity (Wildman–Crippen MR) is 157 cm³/mol. The molecular weight excluding hydrogens is 512 g/mol. The van der Waals surface area contributed by atoms with Gasteiger partial charge in [-0.3, -0.25) is 19.3 Å². The number of carbonyl (C=O) groups is 3. The van der Waals surface area contributed by atoms with Gasteiger partial charge in [-0.25, -0.2) is 4.85 Å². The molecule has 0 aromatic heterocycles. The molecule has 3 saturated carbocycles. The normalized spacial score (nSPS) is 47.2. The van der Waals surface area contributed by atoms with Crippen LogP contribution in [0.3, 0.4) is 0 Å². The maximum Gasteiger partial charge on any atom is 0.229 e. The molecule has 0 bridgehead atoms. The Morgan fingerprint density at radius 1 is 0.976 bits per heavy atom. The summed E-state index contributed by atoms with van der Waals surface area (Å²) in [5.41, 5.74) is 0.0468. The molecule has 0 spiro atoms. The van der Waals surface area contributed by atoms with E-state index in [0.717, 1.165) is 38.5 Å². The van der Waals surface area contributed by atoms with E-state index in [-0.39, 0.29) is 62.8 Å². The molecule has 6 heteroatoms. The van der Waals surface area contributed by atoms with Crippen molar-refractivity contribution in [1.82, 2.24) is 4.90 Å². The van der Waals surface area contributed by atoms with Crippen LogP contribution >= 0.6 is 0 Å². The van der Waals surface area contributed by atoms with E-state index in [0.29, 0.717) is 43.3 Å². The number of aliphatic hydroxyl groups is 1. The number of carbonyl (C=O) groups excluding carboxylic acids is 3. The van der Waals surface area contributed by atoms with Gasteiger partial charge in [0.2, 0.25) is 17.5 Å². The van der Waals surface area contributed by atoms with Crippen molar-refractivity contribution in [2.45, 2.75) is 106 Å². The van der Waals surface area contributed by atoms with E-state index in [9.17, 15) is 19.5 Å². The number of likely N-dealkylation sites (tertiary alicyclic amines) is 1. The van der Waals surface area contributed by atoms with E-state index in [1.165, 1.54) is 10.5 Å². The molecule has 5 aliphatic carbocycles.